The molecule has 2 spiro atoms. The Morgan fingerprint density at radius 1 is 0.771 bits per heavy atom. The van der Waals surface area contributed by atoms with E-state index in [2.05, 4.69) is 34.6 Å². The lowest BCUT2D eigenvalue weighted by molar-refractivity contribution is -0.217. The number of rotatable bonds is 2. The molecule has 35 heavy (non-hydrogen) atoms. The summed E-state index contributed by atoms with van der Waals surface area (Å²) in [5, 5.41) is 45.2. The zero-order valence-corrected chi connectivity index (χ0v) is 23.1. The molecular weight excluding hydrogens is 440 g/mol. The average molecular weight is 491 g/mol. The topological polar surface area (TPSA) is 90.2 Å². The van der Waals surface area contributed by atoms with Crippen molar-refractivity contribution < 1.29 is 25.2 Å². The van der Waals surface area contributed by atoms with E-state index in [1.54, 1.807) is 0 Å². The zero-order valence-electron chi connectivity index (χ0n) is 23.1. The first kappa shape index (κ1) is 25.1. The Morgan fingerprint density at radius 3 is 2.09 bits per heavy atom. The van der Waals surface area contributed by atoms with Gasteiger partial charge in [-0.15, -0.1) is 0 Å². The van der Waals surface area contributed by atoms with Gasteiger partial charge in [-0.05, 0) is 117 Å². The third-order valence-corrected chi connectivity index (χ3v) is 13.8. The van der Waals surface area contributed by atoms with Gasteiger partial charge in [0.2, 0.25) is 0 Å². The van der Waals surface area contributed by atoms with E-state index < -0.39 is 23.4 Å². The standard InChI is InChI=1S/C30H50O5/c1-24(2)19-14-17(31)23-27(6)15-18(32)22(28(7)10-9-21(35-28)25(3,4)34)26(27,5)12-13-30(23)16-29(19,30)11-8-20(24)33/h17-23,31-34H,8-16H2,1-7H3/t17-,18-,19+,20-,21-,22-,23+,26+,27-,28+,29+,30-/m0/s1. The zero-order chi connectivity index (χ0) is 25.6. The molecular formula is C30H50O5. The molecule has 0 radical (unpaired) electrons. The lowest BCUT2D eigenvalue weighted by Gasteiger charge is -2.64. The van der Waals surface area contributed by atoms with Crippen molar-refractivity contribution in [1.29, 1.82) is 0 Å². The molecule has 6 fully saturated rings. The number of fused-ring (bicyclic) bond motifs is 2. The fraction of sp³-hybridized carbons (Fsp3) is 1.00. The van der Waals surface area contributed by atoms with Gasteiger partial charge in [-0.25, -0.2) is 0 Å². The second kappa shape index (κ2) is 6.86. The fourth-order valence-corrected chi connectivity index (χ4v) is 12.1. The van der Waals surface area contributed by atoms with Crippen LogP contribution in [-0.4, -0.2) is 56.0 Å². The number of aliphatic hydroxyl groups is 4. The molecule has 12 atom stereocenters. The van der Waals surface area contributed by atoms with Crippen molar-refractivity contribution in [2.24, 2.45) is 44.8 Å². The highest BCUT2D eigenvalue weighted by Gasteiger charge is 2.85. The summed E-state index contributed by atoms with van der Waals surface area (Å²) in [6, 6.07) is 0. The second-order valence-electron chi connectivity index (χ2n) is 15.9. The van der Waals surface area contributed by atoms with Gasteiger partial charge in [-0.2, -0.15) is 0 Å². The first-order chi connectivity index (χ1) is 16.0. The first-order valence-corrected chi connectivity index (χ1v) is 14.4. The molecule has 5 aliphatic carbocycles. The maximum atomic E-state index is 11.9. The SMILES string of the molecule is CC(C)(O)[C@@H]1CC[C@](C)([C@H]2[C@@H](O)C[C@@]3(C)[C@H]4[C@@H](O)C[C@@H]5C(C)(C)[C@@H](O)CC[C@@]56C[C@@]46CC[C@]23C)O1. The molecule has 5 nitrogen and oxygen atoms in total. The molecule has 1 heterocycles. The molecule has 1 aliphatic heterocycles. The number of aliphatic hydroxyl groups excluding tert-OH is 3. The highest BCUT2D eigenvalue weighted by Crippen LogP contribution is 2.89. The highest BCUT2D eigenvalue weighted by atomic mass is 16.5. The lowest BCUT2D eigenvalue weighted by Crippen LogP contribution is -2.62. The van der Waals surface area contributed by atoms with Gasteiger partial charge in [0.15, 0.2) is 0 Å². The van der Waals surface area contributed by atoms with Crippen molar-refractivity contribution in [2.75, 3.05) is 0 Å². The first-order valence-electron chi connectivity index (χ1n) is 14.4. The van der Waals surface area contributed by atoms with Crippen molar-refractivity contribution in [3.63, 3.8) is 0 Å². The highest BCUT2D eigenvalue weighted by molar-refractivity contribution is 5.33. The van der Waals surface area contributed by atoms with Crippen LogP contribution in [0.3, 0.4) is 0 Å². The number of hydrogen-bond donors (Lipinski definition) is 4. The normalized spacial score (nSPS) is 60.9. The molecule has 0 aromatic carbocycles. The Labute approximate surface area is 212 Å². The molecule has 5 saturated carbocycles. The van der Waals surface area contributed by atoms with Crippen LogP contribution < -0.4 is 0 Å². The van der Waals surface area contributed by atoms with Crippen LogP contribution in [0.2, 0.25) is 0 Å². The summed E-state index contributed by atoms with van der Waals surface area (Å²) in [5.74, 6) is 0.544. The summed E-state index contributed by atoms with van der Waals surface area (Å²) in [4.78, 5) is 0. The minimum absolute atomic E-state index is 0.00561. The Hall–Kier alpha value is -0.200. The molecule has 0 unspecified atom stereocenters. The second-order valence-corrected chi connectivity index (χ2v) is 15.9. The molecule has 6 aliphatic rings. The van der Waals surface area contributed by atoms with E-state index in [1.165, 1.54) is 6.42 Å². The van der Waals surface area contributed by atoms with Crippen molar-refractivity contribution in [1.82, 2.24) is 0 Å². The molecule has 6 rings (SSSR count). The van der Waals surface area contributed by atoms with Crippen LogP contribution in [0.15, 0.2) is 0 Å². The summed E-state index contributed by atoms with van der Waals surface area (Å²) in [6.45, 7) is 15.0. The summed E-state index contributed by atoms with van der Waals surface area (Å²) in [5.41, 5.74) is -1.44. The van der Waals surface area contributed by atoms with E-state index in [9.17, 15) is 20.4 Å². The Balaban J connectivity index is 1.37. The maximum absolute atomic E-state index is 11.9. The van der Waals surface area contributed by atoms with Crippen LogP contribution in [0.25, 0.3) is 0 Å². The molecule has 0 aromatic rings. The van der Waals surface area contributed by atoms with E-state index in [0.717, 1.165) is 51.4 Å². The predicted molar refractivity (Wildman–Crippen MR) is 134 cm³/mol. The monoisotopic (exact) mass is 490 g/mol. The van der Waals surface area contributed by atoms with Gasteiger partial charge in [0, 0.05) is 5.92 Å². The third kappa shape index (κ3) is 2.78. The maximum Gasteiger partial charge on any atom is 0.0865 e. The average Bonchev–Trinajstić information content (AvgIpc) is 3.08. The molecule has 0 aromatic heterocycles. The van der Waals surface area contributed by atoms with Crippen molar-refractivity contribution >= 4 is 0 Å². The van der Waals surface area contributed by atoms with Crippen LogP contribution in [0, 0.1) is 44.8 Å². The predicted octanol–water partition coefficient (Wildman–Crippen LogP) is 4.44. The van der Waals surface area contributed by atoms with E-state index in [0.29, 0.717) is 5.92 Å². The summed E-state index contributed by atoms with van der Waals surface area (Å²) in [6.07, 6.45) is 7.11. The van der Waals surface area contributed by atoms with Gasteiger partial charge >= 0.3 is 0 Å². The summed E-state index contributed by atoms with van der Waals surface area (Å²) in [7, 11) is 0. The van der Waals surface area contributed by atoms with Gasteiger partial charge in [-0.3, -0.25) is 0 Å². The van der Waals surface area contributed by atoms with E-state index >= 15 is 0 Å². The lowest BCUT2D eigenvalue weighted by atomic mass is 9.41. The van der Waals surface area contributed by atoms with Crippen LogP contribution in [0.1, 0.15) is 106 Å². The smallest absolute Gasteiger partial charge is 0.0865 e. The fourth-order valence-electron chi connectivity index (χ4n) is 12.1. The Morgan fingerprint density at radius 2 is 1.46 bits per heavy atom. The largest absolute Gasteiger partial charge is 0.393 e. The number of ether oxygens (including phenoxy) is 1. The number of hydrogen-bond acceptors (Lipinski definition) is 5. The van der Waals surface area contributed by atoms with Gasteiger partial charge in [0.1, 0.15) is 0 Å². The Bertz CT molecular complexity index is 911. The molecule has 0 amide bonds. The summed E-state index contributed by atoms with van der Waals surface area (Å²) >= 11 is 0. The Kier molecular flexibility index (Phi) is 4.92. The quantitative estimate of drug-likeness (QED) is 0.460. The van der Waals surface area contributed by atoms with Gasteiger partial charge in [-0.1, -0.05) is 27.7 Å². The molecule has 200 valence electrons. The molecule has 5 heteroatoms. The van der Waals surface area contributed by atoms with Crippen LogP contribution in [-0.2, 0) is 4.74 Å². The third-order valence-electron chi connectivity index (χ3n) is 13.8. The van der Waals surface area contributed by atoms with E-state index in [1.807, 2.05) is 13.8 Å². The van der Waals surface area contributed by atoms with Crippen LogP contribution in [0.4, 0.5) is 0 Å². The van der Waals surface area contributed by atoms with Gasteiger partial charge in [0.05, 0.1) is 35.6 Å². The minimum Gasteiger partial charge on any atom is -0.393 e. The van der Waals surface area contributed by atoms with Crippen LogP contribution in [0.5, 0.6) is 0 Å². The van der Waals surface area contributed by atoms with E-state index in [-0.39, 0.29) is 51.1 Å². The van der Waals surface area contributed by atoms with Crippen molar-refractivity contribution in [3.8, 4) is 0 Å². The molecule has 0 bridgehead atoms. The van der Waals surface area contributed by atoms with Crippen molar-refractivity contribution in [2.45, 2.75) is 142 Å². The minimum atomic E-state index is -0.893. The molecule has 1 saturated heterocycles. The van der Waals surface area contributed by atoms with Crippen molar-refractivity contribution in [3.05, 3.63) is 0 Å². The van der Waals surface area contributed by atoms with Crippen LogP contribution >= 0.6 is 0 Å². The molecule has 4 N–H and O–H groups in total. The summed E-state index contributed by atoms with van der Waals surface area (Å²) < 4.78 is 6.65. The van der Waals surface area contributed by atoms with Gasteiger partial charge < -0.3 is 25.2 Å². The van der Waals surface area contributed by atoms with E-state index in [4.69, 9.17) is 4.74 Å². The van der Waals surface area contributed by atoms with Gasteiger partial charge in [0.25, 0.3) is 0 Å².